The first-order valence-corrected chi connectivity index (χ1v) is 7.76. The molecule has 1 saturated heterocycles. The molecule has 2 aliphatic rings. The molecule has 1 aromatic carbocycles. The van der Waals surface area contributed by atoms with Crippen molar-refractivity contribution in [2.24, 2.45) is 5.92 Å². The van der Waals surface area contributed by atoms with Crippen LogP contribution in [0.5, 0.6) is 0 Å². The van der Waals surface area contributed by atoms with E-state index in [1.807, 2.05) is 31.2 Å². The zero-order valence-corrected chi connectivity index (χ0v) is 12.5. The lowest BCUT2D eigenvalue weighted by Crippen LogP contribution is -2.48. The number of hydrogen-bond donors (Lipinski definition) is 2. The molecule has 1 saturated carbocycles. The van der Waals surface area contributed by atoms with E-state index >= 15 is 0 Å². The first kappa shape index (κ1) is 13.5. The number of nitrogens with one attached hydrogen (secondary N) is 2. The molecule has 3 unspecified atom stereocenters. The van der Waals surface area contributed by atoms with Crippen molar-refractivity contribution in [2.45, 2.75) is 31.8 Å². The summed E-state index contributed by atoms with van der Waals surface area (Å²) in [6, 6.07) is 8.56. The highest BCUT2D eigenvalue weighted by Gasteiger charge is 2.40. The summed E-state index contributed by atoms with van der Waals surface area (Å²) in [6.07, 6.45) is 3.82. The number of carbonyl (C=O) groups excluding carboxylic acids is 1. The fraction of sp³-hybridized carbons (Fsp3) is 0.412. The fourth-order valence-electron chi connectivity index (χ4n) is 3.55. The van der Waals surface area contributed by atoms with Crippen LogP contribution < -0.4 is 10.6 Å². The molecule has 2 N–H and O–H groups in total. The Morgan fingerprint density at radius 1 is 1.41 bits per heavy atom. The first-order valence-electron chi connectivity index (χ1n) is 7.76. The average molecular weight is 297 g/mol. The summed E-state index contributed by atoms with van der Waals surface area (Å²) in [5.41, 5.74) is 2.08. The van der Waals surface area contributed by atoms with Crippen LogP contribution in [0.4, 0.5) is 0 Å². The number of rotatable bonds is 3. The van der Waals surface area contributed by atoms with Gasteiger partial charge in [-0.1, -0.05) is 23.8 Å². The van der Waals surface area contributed by atoms with Crippen LogP contribution in [0.2, 0.25) is 0 Å². The highest BCUT2D eigenvalue weighted by atomic mass is 16.4. The van der Waals surface area contributed by atoms with Crippen LogP contribution in [0.3, 0.4) is 0 Å². The minimum atomic E-state index is -0.224. The molecule has 5 nitrogen and oxygen atoms in total. The Balaban J connectivity index is 1.48. The van der Waals surface area contributed by atoms with Crippen molar-refractivity contribution in [3.8, 4) is 11.3 Å². The van der Waals surface area contributed by atoms with Crippen molar-refractivity contribution >= 4 is 5.91 Å². The van der Waals surface area contributed by atoms with E-state index < -0.39 is 0 Å². The molecule has 114 valence electrons. The molecule has 5 heteroatoms. The molecule has 1 aliphatic heterocycles. The van der Waals surface area contributed by atoms with Gasteiger partial charge in [-0.15, -0.1) is 0 Å². The Morgan fingerprint density at radius 3 is 3.05 bits per heavy atom. The van der Waals surface area contributed by atoms with Crippen molar-refractivity contribution < 1.29 is 9.21 Å². The van der Waals surface area contributed by atoms with Gasteiger partial charge in [0.05, 0.1) is 6.20 Å². The predicted molar refractivity (Wildman–Crippen MR) is 82.4 cm³/mol. The third-order valence-electron chi connectivity index (χ3n) is 4.65. The Bertz CT molecular complexity index is 709. The van der Waals surface area contributed by atoms with Crippen LogP contribution in [0, 0.1) is 12.8 Å². The van der Waals surface area contributed by atoms with Crippen LogP contribution in [0.15, 0.2) is 34.9 Å². The molecule has 1 aromatic heterocycles. The third kappa shape index (κ3) is 2.41. The van der Waals surface area contributed by atoms with Crippen LogP contribution in [-0.4, -0.2) is 29.5 Å². The average Bonchev–Trinajstić information content (AvgIpc) is 3.23. The van der Waals surface area contributed by atoms with E-state index in [1.165, 1.54) is 0 Å². The monoisotopic (exact) mass is 297 g/mol. The Labute approximate surface area is 129 Å². The van der Waals surface area contributed by atoms with Crippen LogP contribution in [0.25, 0.3) is 11.3 Å². The summed E-state index contributed by atoms with van der Waals surface area (Å²) < 4.78 is 5.63. The summed E-state index contributed by atoms with van der Waals surface area (Å²) in [5.74, 6) is 1.24. The number of hydrogen-bond acceptors (Lipinski definition) is 4. The maximum absolute atomic E-state index is 12.3. The second kappa shape index (κ2) is 5.25. The summed E-state index contributed by atoms with van der Waals surface area (Å²) in [6.45, 7) is 3.10. The number of aromatic nitrogens is 1. The molecule has 1 amide bonds. The second-order valence-corrected chi connectivity index (χ2v) is 6.33. The molecule has 2 bridgehead atoms. The number of carbonyl (C=O) groups is 1. The van der Waals surface area contributed by atoms with Crippen molar-refractivity contribution in [1.29, 1.82) is 0 Å². The van der Waals surface area contributed by atoms with Crippen molar-refractivity contribution in [3.05, 3.63) is 41.9 Å². The van der Waals surface area contributed by atoms with E-state index in [0.29, 0.717) is 17.7 Å². The van der Waals surface area contributed by atoms with Gasteiger partial charge in [-0.3, -0.25) is 4.79 Å². The molecule has 0 radical (unpaired) electrons. The molecule has 2 aromatic rings. The third-order valence-corrected chi connectivity index (χ3v) is 4.65. The highest BCUT2D eigenvalue weighted by molar-refractivity contribution is 5.90. The van der Waals surface area contributed by atoms with E-state index in [2.05, 4.69) is 15.6 Å². The molecular weight excluding hydrogens is 278 g/mol. The number of benzene rings is 1. The predicted octanol–water partition coefficient (Wildman–Crippen LogP) is 2.13. The van der Waals surface area contributed by atoms with Gasteiger partial charge in [0, 0.05) is 17.6 Å². The normalized spacial score (nSPS) is 26.3. The van der Waals surface area contributed by atoms with E-state index in [0.717, 1.165) is 30.5 Å². The zero-order valence-electron chi connectivity index (χ0n) is 12.5. The van der Waals surface area contributed by atoms with Gasteiger partial charge in [0.25, 0.3) is 5.89 Å². The van der Waals surface area contributed by atoms with Gasteiger partial charge in [-0.25, -0.2) is 4.98 Å². The Kier molecular flexibility index (Phi) is 3.22. The van der Waals surface area contributed by atoms with E-state index in [-0.39, 0.29) is 17.8 Å². The van der Waals surface area contributed by atoms with Crippen LogP contribution in [-0.2, 0) is 0 Å². The minimum absolute atomic E-state index is 0.138. The van der Waals surface area contributed by atoms with Gasteiger partial charge < -0.3 is 15.1 Å². The smallest absolute Gasteiger partial charge is 0.307 e. The lowest BCUT2D eigenvalue weighted by atomic mass is 10.1. The molecule has 2 heterocycles. The van der Waals surface area contributed by atoms with Crippen molar-refractivity contribution in [2.75, 3.05) is 6.54 Å². The molecule has 2 fully saturated rings. The summed E-state index contributed by atoms with van der Waals surface area (Å²) in [4.78, 5) is 16.4. The van der Waals surface area contributed by atoms with E-state index in [4.69, 9.17) is 4.42 Å². The first-order chi connectivity index (χ1) is 10.7. The molecule has 22 heavy (non-hydrogen) atoms. The molecular formula is C17H19N3O2. The molecule has 0 spiro atoms. The Morgan fingerprint density at radius 2 is 2.32 bits per heavy atom. The SMILES string of the molecule is Cc1cccc(-c2cnc(C(=O)NC3CC4CNC3C4)o2)c1. The van der Waals surface area contributed by atoms with Gasteiger partial charge in [-0.2, -0.15) is 0 Å². The maximum Gasteiger partial charge on any atom is 0.307 e. The van der Waals surface area contributed by atoms with E-state index in [1.54, 1.807) is 6.20 Å². The maximum atomic E-state index is 12.3. The van der Waals surface area contributed by atoms with E-state index in [9.17, 15) is 4.79 Å². The zero-order chi connectivity index (χ0) is 15.1. The van der Waals surface area contributed by atoms with Gasteiger partial charge >= 0.3 is 5.91 Å². The summed E-state index contributed by atoms with van der Waals surface area (Å²) in [5, 5.41) is 6.48. The molecule has 1 aliphatic carbocycles. The number of oxazole rings is 1. The second-order valence-electron chi connectivity index (χ2n) is 6.33. The quantitative estimate of drug-likeness (QED) is 0.911. The largest absolute Gasteiger partial charge is 0.432 e. The van der Waals surface area contributed by atoms with Gasteiger partial charge in [-0.05, 0) is 38.3 Å². The molecule has 3 atom stereocenters. The number of amides is 1. The van der Waals surface area contributed by atoms with Crippen molar-refractivity contribution in [3.63, 3.8) is 0 Å². The van der Waals surface area contributed by atoms with Crippen molar-refractivity contribution in [1.82, 2.24) is 15.6 Å². The fourth-order valence-corrected chi connectivity index (χ4v) is 3.55. The number of aryl methyl sites for hydroxylation is 1. The highest BCUT2D eigenvalue weighted by Crippen LogP contribution is 2.31. The number of nitrogens with zero attached hydrogens (tertiary/aromatic N) is 1. The lowest BCUT2D eigenvalue weighted by molar-refractivity contribution is 0.0894. The topological polar surface area (TPSA) is 67.2 Å². The number of fused-ring (bicyclic) bond motifs is 2. The van der Waals surface area contributed by atoms with Gasteiger partial charge in [0.2, 0.25) is 0 Å². The summed E-state index contributed by atoms with van der Waals surface area (Å²) >= 11 is 0. The van der Waals surface area contributed by atoms with Crippen LogP contribution in [0.1, 0.15) is 29.1 Å². The van der Waals surface area contributed by atoms with Gasteiger partial charge in [0.1, 0.15) is 0 Å². The minimum Gasteiger partial charge on any atom is -0.432 e. The molecule has 4 rings (SSSR count). The van der Waals surface area contributed by atoms with Crippen LogP contribution >= 0.6 is 0 Å². The Hall–Kier alpha value is -2.14. The van der Waals surface area contributed by atoms with Gasteiger partial charge in [0.15, 0.2) is 5.76 Å². The lowest BCUT2D eigenvalue weighted by Gasteiger charge is -2.23. The summed E-state index contributed by atoms with van der Waals surface area (Å²) in [7, 11) is 0. The standard InChI is InChI=1S/C17H19N3O2/c1-10-3-2-4-12(5-10)15-9-19-17(22-15)16(21)20-14-7-11-6-13(14)18-8-11/h2-5,9,11,13-14,18H,6-8H2,1H3,(H,20,21). The number of piperidine rings is 1.